The SMILES string of the molecule is Cc1cccc(N(C(N)=O)[C@H]2N=C(CC(C)C)c3ccccc3N(CN3CC4CCC(CC4)C3)C2=O)c1. The minimum Gasteiger partial charge on any atom is -0.351 e. The van der Waals surface area contributed by atoms with E-state index >= 15 is 0 Å². The number of para-hydroxylation sites is 1. The van der Waals surface area contributed by atoms with Crippen LogP contribution in [-0.4, -0.2) is 48.5 Å². The summed E-state index contributed by atoms with van der Waals surface area (Å²) in [5, 5.41) is 0. The zero-order chi connectivity index (χ0) is 26.1. The topological polar surface area (TPSA) is 82.2 Å². The lowest BCUT2D eigenvalue weighted by Crippen LogP contribution is -2.54. The van der Waals surface area contributed by atoms with Crippen LogP contribution in [0, 0.1) is 24.7 Å². The number of carbonyl (C=O) groups is 2. The van der Waals surface area contributed by atoms with Gasteiger partial charge in [0.1, 0.15) is 0 Å². The summed E-state index contributed by atoms with van der Waals surface area (Å²) < 4.78 is 0. The van der Waals surface area contributed by atoms with Crippen molar-refractivity contribution in [1.82, 2.24) is 4.90 Å². The van der Waals surface area contributed by atoms with E-state index in [4.69, 9.17) is 10.7 Å². The molecule has 196 valence electrons. The summed E-state index contributed by atoms with van der Waals surface area (Å²) in [4.78, 5) is 38.0. The Hall–Kier alpha value is -3.19. The van der Waals surface area contributed by atoms with Crippen LogP contribution in [0.15, 0.2) is 53.5 Å². The molecule has 2 bridgehead atoms. The van der Waals surface area contributed by atoms with Gasteiger partial charge in [0, 0.05) is 30.1 Å². The van der Waals surface area contributed by atoms with Gasteiger partial charge in [0.25, 0.3) is 5.91 Å². The first-order valence-corrected chi connectivity index (χ1v) is 13.6. The number of aliphatic imine (C=N–C) groups is 1. The van der Waals surface area contributed by atoms with Gasteiger partial charge in [-0.3, -0.25) is 24.5 Å². The van der Waals surface area contributed by atoms with Crippen molar-refractivity contribution in [1.29, 1.82) is 0 Å². The lowest BCUT2D eigenvalue weighted by Gasteiger charge is -2.34. The third-order valence-corrected chi connectivity index (χ3v) is 7.97. The zero-order valence-electron chi connectivity index (χ0n) is 22.3. The molecule has 3 heterocycles. The van der Waals surface area contributed by atoms with E-state index in [1.165, 1.54) is 30.6 Å². The Morgan fingerprint density at radius 3 is 2.35 bits per heavy atom. The number of urea groups is 1. The molecule has 6 rings (SSSR count). The van der Waals surface area contributed by atoms with Crippen LogP contribution in [0.5, 0.6) is 0 Å². The number of rotatable bonds is 6. The number of hydrogen-bond acceptors (Lipinski definition) is 4. The van der Waals surface area contributed by atoms with Crippen LogP contribution < -0.4 is 15.5 Å². The molecule has 2 N–H and O–H groups in total. The highest BCUT2D eigenvalue weighted by Crippen LogP contribution is 2.36. The molecule has 7 heteroatoms. The number of anilines is 2. The van der Waals surface area contributed by atoms with Gasteiger partial charge in [-0.25, -0.2) is 4.79 Å². The number of benzene rings is 2. The fourth-order valence-corrected chi connectivity index (χ4v) is 6.23. The van der Waals surface area contributed by atoms with Crippen molar-refractivity contribution in [2.24, 2.45) is 28.5 Å². The Labute approximate surface area is 220 Å². The maximum atomic E-state index is 14.4. The second-order valence-electron chi connectivity index (χ2n) is 11.4. The number of hydrogen-bond donors (Lipinski definition) is 1. The van der Waals surface area contributed by atoms with E-state index in [1.807, 2.05) is 60.4 Å². The number of amides is 3. The van der Waals surface area contributed by atoms with Crippen molar-refractivity contribution in [3.8, 4) is 0 Å². The standard InChI is InChI=1S/C30H39N5O2/c1-20(2)15-26-25-9-4-5-10-27(25)34(19-33-17-22-11-12-23(18-33)14-13-22)29(36)28(32-26)35(30(31)37)24-8-6-7-21(3)16-24/h4-10,16,20,22-23,28H,11-15,17-19H2,1-3H3,(H2,31,37)/t22?,23?,28-/m1/s1. The molecule has 2 saturated heterocycles. The molecule has 3 aliphatic heterocycles. The van der Waals surface area contributed by atoms with Crippen LogP contribution in [0.2, 0.25) is 0 Å². The van der Waals surface area contributed by atoms with Gasteiger partial charge in [0.05, 0.1) is 12.4 Å². The quantitative estimate of drug-likeness (QED) is 0.593. The Bertz CT molecular complexity index is 1170. The Morgan fingerprint density at radius 1 is 1.05 bits per heavy atom. The van der Waals surface area contributed by atoms with Crippen molar-refractivity contribution in [2.45, 2.75) is 59.0 Å². The van der Waals surface area contributed by atoms with Crippen LogP contribution >= 0.6 is 0 Å². The number of fused-ring (bicyclic) bond motifs is 5. The van der Waals surface area contributed by atoms with Crippen LogP contribution in [0.25, 0.3) is 0 Å². The molecule has 7 nitrogen and oxygen atoms in total. The van der Waals surface area contributed by atoms with Gasteiger partial charge < -0.3 is 5.73 Å². The molecule has 3 fully saturated rings. The van der Waals surface area contributed by atoms with Crippen molar-refractivity contribution < 1.29 is 9.59 Å². The van der Waals surface area contributed by atoms with E-state index in [0.29, 0.717) is 36.5 Å². The van der Waals surface area contributed by atoms with Crippen LogP contribution in [0.4, 0.5) is 16.2 Å². The first kappa shape index (κ1) is 25.5. The summed E-state index contributed by atoms with van der Waals surface area (Å²) in [5.74, 6) is 1.49. The minimum absolute atomic E-state index is 0.219. The summed E-state index contributed by atoms with van der Waals surface area (Å²) in [6.45, 7) is 8.74. The van der Waals surface area contributed by atoms with Gasteiger partial charge in [-0.15, -0.1) is 0 Å². The third-order valence-electron chi connectivity index (χ3n) is 7.97. The Kier molecular flexibility index (Phi) is 7.33. The van der Waals surface area contributed by atoms with E-state index in [1.54, 1.807) is 0 Å². The number of nitrogens with two attached hydrogens (primary N) is 1. The van der Waals surface area contributed by atoms with Crippen molar-refractivity contribution in [3.63, 3.8) is 0 Å². The molecule has 2 aromatic carbocycles. The molecule has 2 aromatic rings. The summed E-state index contributed by atoms with van der Waals surface area (Å²) in [5.41, 5.74) is 10.2. The van der Waals surface area contributed by atoms with Gasteiger partial charge >= 0.3 is 6.03 Å². The molecule has 3 amide bonds. The molecule has 1 saturated carbocycles. The predicted molar refractivity (Wildman–Crippen MR) is 149 cm³/mol. The first-order valence-electron chi connectivity index (χ1n) is 13.6. The molecule has 1 aliphatic carbocycles. The molecule has 0 radical (unpaired) electrons. The minimum atomic E-state index is -1.07. The molecular formula is C30H39N5O2. The third kappa shape index (κ3) is 5.42. The maximum Gasteiger partial charge on any atom is 0.321 e. The average Bonchev–Trinajstić information content (AvgIpc) is 3.22. The number of benzodiazepines with no additional fused rings is 1. The molecule has 1 atom stereocenters. The monoisotopic (exact) mass is 501 g/mol. The fraction of sp³-hybridized carbons (Fsp3) is 0.500. The van der Waals surface area contributed by atoms with Gasteiger partial charge in [0.2, 0.25) is 6.17 Å². The van der Waals surface area contributed by atoms with Crippen molar-refractivity contribution >= 4 is 29.0 Å². The lowest BCUT2D eigenvalue weighted by atomic mass is 9.84. The van der Waals surface area contributed by atoms with Crippen molar-refractivity contribution in [2.75, 3.05) is 29.6 Å². The fourth-order valence-electron chi connectivity index (χ4n) is 6.23. The van der Waals surface area contributed by atoms with Gasteiger partial charge in [-0.2, -0.15) is 0 Å². The highest BCUT2D eigenvalue weighted by atomic mass is 16.2. The molecule has 0 unspecified atom stereocenters. The molecule has 0 spiro atoms. The summed E-state index contributed by atoms with van der Waals surface area (Å²) in [6, 6.07) is 14.9. The van der Waals surface area contributed by atoms with Crippen LogP contribution in [0.3, 0.4) is 0 Å². The second kappa shape index (κ2) is 10.7. The molecular weight excluding hydrogens is 462 g/mol. The first-order chi connectivity index (χ1) is 17.8. The lowest BCUT2D eigenvalue weighted by molar-refractivity contribution is -0.120. The van der Waals surface area contributed by atoms with E-state index in [2.05, 4.69) is 18.7 Å². The van der Waals surface area contributed by atoms with Gasteiger partial charge in [-0.1, -0.05) is 44.2 Å². The average molecular weight is 502 g/mol. The van der Waals surface area contributed by atoms with Crippen LogP contribution in [0.1, 0.15) is 57.1 Å². The number of carbonyl (C=O) groups excluding carboxylic acids is 2. The second-order valence-corrected chi connectivity index (χ2v) is 11.4. The van der Waals surface area contributed by atoms with E-state index in [0.717, 1.165) is 35.6 Å². The number of primary amides is 1. The normalized spacial score (nSPS) is 23.9. The highest BCUT2D eigenvalue weighted by molar-refractivity contribution is 6.15. The predicted octanol–water partition coefficient (Wildman–Crippen LogP) is 5.17. The summed E-state index contributed by atoms with van der Waals surface area (Å²) in [7, 11) is 0. The van der Waals surface area contributed by atoms with Gasteiger partial charge in [-0.05, 0) is 80.5 Å². The van der Waals surface area contributed by atoms with Crippen LogP contribution in [-0.2, 0) is 4.79 Å². The smallest absolute Gasteiger partial charge is 0.321 e. The summed E-state index contributed by atoms with van der Waals surface area (Å²) >= 11 is 0. The Balaban J connectivity index is 1.59. The Morgan fingerprint density at radius 2 is 1.73 bits per heavy atom. The summed E-state index contributed by atoms with van der Waals surface area (Å²) in [6.07, 6.45) is 4.74. The van der Waals surface area contributed by atoms with E-state index in [9.17, 15) is 9.59 Å². The molecule has 37 heavy (non-hydrogen) atoms. The molecule has 0 aromatic heterocycles. The highest BCUT2D eigenvalue weighted by Gasteiger charge is 2.39. The maximum absolute atomic E-state index is 14.4. The zero-order valence-corrected chi connectivity index (χ0v) is 22.3. The van der Waals surface area contributed by atoms with Crippen molar-refractivity contribution in [3.05, 3.63) is 59.7 Å². The number of nitrogens with zero attached hydrogens (tertiary/aromatic N) is 4. The largest absolute Gasteiger partial charge is 0.351 e. The number of aryl methyl sites for hydroxylation is 1. The van der Waals surface area contributed by atoms with E-state index in [-0.39, 0.29) is 5.91 Å². The van der Waals surface area contributed by atoms with E-state index < -0.39 is 12.2 Å². The van der Waals surface area contributed by atoms with Gasteiger partial charge in [0.15, 0.2) is 0 Å². The molecule has 4 aliphatic rings.